The van der Waals surface area contributed by atoms with Gasteiger partial charge in [0.15, 0.2) is 0 Å². The molecule has 0 atom stereocenters. The first kappa shape index (κ1) is 16.1. The Hall–Kier alpha value is -2.75. The number of aromatic nitrogens is 2. The van der Waals surface area contributed by atoms with E-state index in [0.717, 1.165) is 35.4 Å². The lowest BCUT2D eigenvalue weighted by atomic mass is 9.99. The summed E-state index contributed by atoms with van der Waals surface area (Å²) in [6, 6.07) is 7.89. The molecule has 0 radical (unpaired) electrons. The van der Waals surface area contributed by atoms with Crippen LogP contribution in [0.2, 0.25) is 0 Å². The molecule has 1 aromatic heterocycles. The molecule has 24 heavy (non-hydrogen) atoms. The number of carbonyl (C=O) groups excluding carboxylic acids is 1. The lowest BCUT2D eigenvalue weighted by Crippen LogP contribution is -2.44. The minimum atomic E-state index is -0.0656. The van der Waals surface area contributed by atoms with Crippen LogP contribution in [0.4, 0.5) is 4.79 Å². The normalized spacial score (nSPS) is 15.2. The molecule has 2 aromatic rings. The van der Waals surface area contributed by atoms with Gasteiger partial charge in [-0.25, -0.2) is 9.78 Å². The molecule has 0 unspecified atom stereocenters. The predicted octanol–water partition coefficient (Wildman–Crippen LogP) is 2.06. The van der Waals surface area contributed by atoms with Crippen LogP contribution in [0.25, 0.3) is 11.0 Å². The minimum absolute atomic E-state index is 0.0656. The van der Waals surface area contributed by atoms with Gasteiger partial charge in [0.05, 0.1) is 24.2 Å². The molecule has 0 bridgehead atoms. The van der Waals surface area contributed by atoms with E-state index in [1.807, 2.05) is 18.2 Å². The standard InChI is InChI=1S/C17H21N5O2/c1-24-13-2-3-14-15(10-13)21-16(20-14)4-7-19-17(23)22-8-5-12(11-18)6-9-22/h2-3,10,12H,4-9H2,1H3,(H,19,23)(H,20,21). The Morgan fingerprint density at radius 1 is 1.50 bits per heavy atom. The lowest BCUT2D eigenvalue weighted by Gasteiger charge is -2.29. The Balaban J connectivity index is 1.49. The molecule has 2 heterocycles. The highest BCUT2D eigenvalue weighted by molar-refractivity contribution is 5.77. The number of fused-ring (bicyclic) bond motifs is 1. The van der Waals surface area contributed by atoms with Crippen LogP contribution in [-0.2, 0) is 6.42 Å². The molecule has 1 saturated heterocycles. The van der Waals surface area contributed by atoms with Gasteiger partial charge >= 0.3 is 6.03 Å². The maximum atomic E-state index is 12.1. The molecule has 0 aliphatic carbocycles. The number of hydrogen-bond acceptors (Lipinski definition) is 4. The Kier molecular flexibility index (Phi) is 4.85. The molecule has 0 saturated carbocycles. The van der Waals surface area contributed by atoms with Gasteiger partial charge in [-0.2, -0.15) is 5.26 Å². The van der Waals surface area contributed by atoms with Crippen molar-refractivity contribution in [2.45, 2.75) is 19.3 Å². The zero-order valence-corrected chi connectivity index (χ0v) is 13.7. The van der Waals surface area contributed by atoms with Gasteiger partial charge < -0.3 is 19.9 Å². The number of imidazole rings is 1. The van der Waals surface area contributed by atoms with Crippen LogP contribution in [0.1, 0.15) is 18.7 Å². The number of piperidine rings is 1. The van der Waals surface area contributed by atoms with Gasteiger partial charge in [0.25, 0.3) is 0 Å². The maximum absolute atomic E-state index is 12.1. The van der Waals surface area contributed by atoms with Crippen molar-refractivity contribution in [2.24, 2.45) is 5.92 Å². The van der Waals surface area contributed by atoms with Crippen molar-refractivity contribution in [1.29, 1.82) is 5.26 Å². The Morgan fingerprint density at radius 3 is 3.00 bits per heavy atom. The number of urea groups is 1. The average Bonchev–Trinajstić information content (AvgIpc) is 3.03. The number of amides is 2. The SMILES string of the molecule is COc1ccc2nc(CCNC(=O)N3CCC(C#N)CC3)[nH]c2c1. The van der Waals surface area contributed by atoms with Crippen LogP contribution >= 0.6 is 0 Å². The Labute approximate surface area is 140 Å². The Morgan fingerprint density at radius 2 is 2.29 bits per heavy atom. The van der Waals surface area contributed by atoms with Crippen LogP contribution < -0.4 is 10.1 Å². The second kappa shape index (κ2) is 7.21. The third kappa shape index (κ3) is 3.59. The number of benzene rings is 1. The van der Waals surface area contributed by atoms with Crippen molar-refractivity contribution in [3.05, 3.63) is 24.0 Å². The van der Waals surface area contributed by atoms with Gasteiger partial charge in [0, 0.05) is 38.0 Å². The molecular formula is C17H21N5O2. The van der Waals surface area contributed by atoms with Crippen LogP contribution in [0, 0.1) is 17.2 Å². The van der Waals surface area contributed by atoms with E-state index in [1.54, 1.807) is 12.0 Å². The molecule has 3 rings (SSSR count). The number of rotatable bonds is 4. The maximum Gasteiger partial charge on any atom is 0.317 e. The molecule has 2 N–H and O–H groups in total. The fraction of sp³-hybridized carbons (Fsp3) is 0.471. The number of likely N-dealkylation sites (tertiary alicyclic amines) is 1. The number of nitriles is 1. The monoisotopic (exact) mass is 327 g/mol. The molecule has 1 aromatic carbocycles. The fourth-order valence-corrected chi connectivity index (χ4v) is 2.90. The van der Waals surface area contributed by atoms with Gasteiger partial charge in [0.1, 0.15) is 11.6 Å². The van der Waals surface area contributed by atoms with Gasteiger partial charge in [-0.15, -0.1) is 0 Å². The van der Waals surface area contributed by atoms with E-state index in [0.29, 0.717) is 26.1 Å². The van der Waals surface area contributed by atoms with Gasteiger partial charge in [0.2, 0.25) is 0 Å². The first-order valence-electron chi connectivity index (χ1n) is 8.14. The fourth-order valence-electron chi connectivity index (χ4n) is 2.90. The van der Waals surface area contributed by atoms with Crippen molar-refractivity contribution in [2.75, 3.05) is 26.7 Å². The number of ether oxygens (including phenoxy) is 1. The Bertz CT molecular complexity index is 756. The number of nitrogens with one attached hydrogen (secondary N) is 2. The van der Waals surface area contributed by atoms with E-state index in [1.165, 1.54) is 0 Å². The molecule has 2 amide bonds. The molecule has 1 fully saturated rings. The second-order valence-electron chi connectivity index (χ2n) is 5.94. The van der Waals surface area contributed by atoms with Crippen LogP contribution in [0.5, 0.6) is 5.75 Å². The van der Waals surface area contributed by atoms with Crippen molar-refractivity contribution in [3.63, 3.8) is 0 Å². The highest BCUT2D eigenvalue weighted by Crippen LogP contribution is 2.19. The third-order valence-corrected chi connectivity index (χ3v) is 4.34. The summed E-state index contributed by atoms with van der Waals surface area (Å²) in [5.41, 5.74) is 1.81. The summed E-state index contributed by atoms with van der Waals surface area (Å²) in [5, 5.41) is 11.8. The van der Waals surface area contributed by atoms with E-state index in [2.05, 4.69) is 21.4 Å². The van der Waals surface area contributed by atoms with E-state index >= 15 is 0 Å². The van der Waals surface area contributed by atoms with Crippen molar-refractivity contribution in [3.8, 4) is 11.8 Å². The van der Waals surface area contributed by atoms with E-state index in [4.69, 9.17) is 10.00 Å². The highest BCUT2D eigenvalue weighted by atomic mass is 16.5. The summed E-state index contributed by atoms with van der Waals surface area (Å²) < 4.78 is 5.20. The average molecular weight is 327 g/mol. The summed E-state index contributed by atoms with van der Waals surface area (Å²) in [5.74, 6) is 1.70. The topological polar surface area (TPSA) is 94.0 Å². The van der Waals surface area contributed by atoms with E-state index < -0.39 is 0 Å². The van der Waals surface area contributed by atoms with Crippen LogP contribution in [-0.4, -0.2) is 47.6 Å². The lowest BCUT2D eigenvalue weighted by molar-refractivity contribution is 0.179. The summed E-state index contributed by atoms with van der Waals surface area (Å²) in [4.78, 5) is 21.7. The minimum Gasteiger partial charge on any atom is -0.497 e. The molecule has 0 spiro atoms. The van der Waals surface area contributed by atoms with Crippen molar-refractivity contribution in [1.82, 2.24) is 20.2 Å². The summed E-state index contributed by atoms with van der Waals surface area (Å²) in [7, 11) is 1.63. The molecule has 1 aliphatic rings. The number of hydrogen-bond donors (Lipinski definition) is 2. The van der Waals surface area contributed by atoms with Gasteiger partial charge in [-0.05, 0) is 25.0 Å². The number of nitrogens with zero attached hydrogens (tertiary/aromatic N) is 3. The number of aromatic amines is 1. The third-order valence-electron chi connectivity index (χ3n) is 4.34. The highest BCUT2D eigenvalue weighted by Gasteiger charge is 2.22. The van der Waals surface area contributed by atoms with Crippen LogP contribution in [0.15, 0.2) is 18.2 Å². The zero-order chi connectivity index (χ0) is 16.9. The summed E-state index contributed by atoms with van der Waals surface area (Å²) in [6.45, 7) is 1.82. The molecule has 7 nitrogen and oxygen atoms in total. The second-order valence-corrected chi connectivity index (χ2v) is 5.94. The molecule has 126 valence electrons. The zero-order valence-electron chi connectivity index (χ0n) is 13.7. The smallest absolute Gasteiger partial charge is 0.317 e. The molecular weight excluding hydrogens is 306 g/mol. The summed E-state index contributed by atoms with van der Waals surface area (Å²) >= 11 is 0. The quantitative estimate of drug-likeness (QED) is 0.898. The first-order valence-corrected chi connectivity index (χ1v) is 8.14. The number of methoxy groups -OCH3 is 1. The number of H-pyrrole nitrogens is 1. The van der Waals surface area contributed by atoms with Crippen molar-refractivity contribution >= 4 is 17.1 Å². The van der Waals surface area contributed by atoms with Gasteiger partial charge in [-0.3, -0.25) is 0 Å². The predicted molar refractivity (Wildman–Crippen MR) is 89.7 cm³/mol. The van der Waals surface area contributed by atoms with E-state index in [9.17, 15) is 4.79 Å². The first-order chi connectivity index (χ1) is 11.7. The molecule has 7 heteroatoms. The van der Waals surface area contributed by atoms with Crippen molar-refractivity contribution < 1.29 is 9.53 Å². The summed E-state index contributed by atoms with van der Waals surface area (Å²) in [6.07, 6.45) is 2.15. The number of carbonyl (C=O) groups is 1. The molecule has 1 aliphatic heterocycles. The largest absolute Gasteiger partial charge is 0.497 e. The van der Waals surface area contributed by atoms with E-state index in [-0.39, 0.29) is 11.9 Å². The van der Waals surface area contributed by atoms with Gasteiger partial charge in [-0.1, -0.05) is 0 Å². The van der Waals surface area contributed by atoms with Crippen LogP contribution in [0.3, 0.4) is 0 Å².